The average Bonchev–Trinajstić information content (AvgIpc) is 3.09. The second-order valence-electron chi connectivity index (χ2n) is 6.59. The van der Waals surface area contributed by atoms with Crippen molar-refractivity contribution < 1.29 is 13.9 Å². The van der Waals surface area contributed by atoms with Crippen LogP contribution in [0.2, 0.25) is 0 Å². The number of aryl methyl sites for hydroxylation is 1. The summed E-state index contributed by atoms with van der Waals surface area (Å²) in [6.45, 7) is 6.14. The smallest absolute Gasteiger partial charge is 0.270 e. The minimum absolute atomic E-state index is 0.0178. The summed E-state index contributed by atoms with van der Waals surface area (Å²) in [7, 11) is 0. The van der Waals surface area contributed by atoms with Crippen LogP contribution in [-0.4, -0.2) is 16.9 Å². The van der Waals surface area contributed by atoms with Gasteiger partial charge >= 0.3 is 0 Å². The highest BCUT2D eigenvalue weighted by molar-refractivity contribution is 7.13. The molecule has 0 atom stereocenters. The Morgan fingerprint density at radius 3 is 2.78 bits per heavy atom. The van der Waals surface area contributed by atoms with Crippen LogP contribution in [0.5, 0.6) is 5.75 Å². The highest BCUT2D eigenvalue weighted by Crippen LogP contribution is 2.29. The molecule has 0 aliphatic heterocycles. The molecular weight excluding hydrogens is 363 g/mol. The van der Waals surface area contributed by atoms with E-state index in [0.717, 1.165) is 11.1 Å². The fraction of sp³-hybridized carbons (Fsp3) is 0.238. The molecule has 27 heavy (non-hydrogen) atoms. The van der Waals surface area contributed by atoms with E-state index in [2.05, 4.69) is 10.3 Å². The molecule has 3 aromatic rings. The number of nitrogens with one attached hydrogen (secondary N) is 1. The van der Waals surface area contributed by atoms with Gasteiger partial charge in [-0.05, 0) is 38.5 Å². The summed E-state index contributed by atoms with van der Waals surface area (Å²) >= 11 is 1.24. The minimum Gasteiger partial charge on any atom is -0.489 e. The molecule has 0 bridgehead atoms. The molecule has 3 rings (SSSR count). The van der Waals surface area contributed by atoms with Crippen LogP contribution in [0.3, 0.4) is 0 Å². The standard InChI is InChI=1S/C21H21FN2O2S/c1-13(2)23-20(25)19-12-27-21(24-19)17-8-7-16(10-18(17)22)26-11-15-6-4-5-14(3)9-15/h4-10,12-13H,11H2,1-3H3,(H,23,25). The Balaban J connectivity index is 1.71. The van der Waals surface area contributed by atoms with Gasteiger partial charge in [0, 0.05) is 23.1 Å². The normalized spacial score (nSPS) is 10.9. The average molecular weight is 384 g/mol. The second-order valence-corrected chi connectivity index (χ2v) is 7.44. The molecule has 0 fully saturated rings. The summed E-state index contributed by atoms with van der Waals surface area (Å²) in [4.78, 5) is 16.3. The summed E-state index contributed by atoms with van der Waals surface area (Å²) in [6.07, 6.45) is 0. The van der Waals surface area contributed by atoms with Crippen LogP contribution in [0.4, 0.5) is 4.39 Å². The Labute approximate surface area is 162 Å². The zero-order valence-corrected chi connectivity index (χ0v) is 16.3. The number of carbonyl (C=O) groups is 1. The van der Waals surface area contributed by atoms with E-state index in [9.17, 15) is 9.18 Å². The number of hydrogen-bond donors (Lipinski definition) is 1. The molecule has 2 aromatic carbocycles. The summed E-state index contributed by atoms with van der Waals surface area (Å²) in [5, 5.41) is 4.87. The number of rotatable bonds is 6. The van der Waals surface area contributed by atoms with Crippen molar-refractivity contribution in [3.63, 3.8) is 0 Å². The number of carbonyl (C=O) groups excluding carboxylic acids is 1. The molecule has 0 aliphatic carbocycles. The van der Waals surface area contributed by atoms with Crippen molar-refractivity contribution in [1.82, 2.24) is 10.3 Å². The van der Waals surface area contributed by atoms with E-state index >= 15 is 0 Å². The molecule has 1 heterocycles. The van der Waals surface area contributed by atoms with Gasteiger partial charge in [-0.3, -0.25) is 4.79 Å². The van der Waals surface area contributed by atoms with E-state index in [1.807, 2.05) is 45.0 Å². The fourth-order valence-electron chi connectivity index (χ4n) is 2.57. The molecule has 0 radical (unpaired) electrons. The van der Waals surface area contributed by atoms with Crippen molar-refractivity contribution in [2.24, 2.45) is 0 Å². The Hall–Kier alpha value is -2.73. The van der Waals surface area contributed by atoms with Crippen LogP contribution in [0.15, 0.2) is 47.8 Å². The lowest BCUT2D eigenvalue weighted by molar-refractivity contribution is 0.0939. The number of amides is 1. The van der Waals surface area contributed by atoms with Gasteiger partial charge in [0.05, 0.1) is 0 Å². The Morgan fingerprint density at radius 1 is 1.26 bits per heavy atom. The van der Waals surface area contributed by atoms with Gasteiger partial charge in [0.25, 0.3) is 5.91 Å². The predicted octanol–water partition coefficient (Wildman–Crippen LogP) is 4.97. The van der Waals surface area contributed by atoms with Crippen molar-refractivity contribution in [3.8, 4) is 16.3 Å². The number of nitrogens with zero attached hydrogens (tertiary/aromatic N) is 1. The topological polar surface area (TPSA) is 51.2 Å². The zero-order chi connectivity index (χ0) is 19.4. The van der Waals surface area contributed by atoms with Gasteiger partial charge in [0.1, 0.15) is 28.9 Å². The summed E-state index contributed by atoms with van der Waals surface area (Å²) < 4.78 is 20.2. The highest BCUT2D eigenvalue weighted by Gasteiger charge is 2.15. The van der Waals surface area contributed by atoms with E-state index in [-0.39, 0.29) is 11.9 Å². The zero-order valence-electron chi connectivity index (χ0n) is 15.5. The summed E-state index contributed by atoms with van der Waals surface area (Å²) in [5.74, 6) is -0.236. The van der Waals surface area contributed by atoms with E-state index in [4.69, 9.17) is 4.74 Å². The molecule has 1 amide bonds. The Kier molecular flexibility index (Phi) is 5.86. The molecule has 0 aliphatic rings. The first-order chi connectivity index (χ1) is 12.9. The third kappa shape index (κ3) is 4.92. The van der Waals surface area contributed by atoms with Gasteiger partial charge < -0.3 is 10.1 Å². The third-order valence-electron chi connectivity index (χ3n) is 3.82. The molecule has 6 heteroatoms. The number of thiazole rings is 1. The van der Waals surface area contributed by atoms with Gasteiger partial charge in [-0.25, -0.2) is 9.37 Å². The number of halogens is 1. The molecule has 1 N–H and O–H groups in total. The van der Waals surface area contributed by atoms with E-state index in [1.54, 1.807) is 17.5 Å². The van der Waals surface area contributed by atoms with Gasteiger partial charge in [0.15, 0.2) is 0 Å². The molecule has 0 spiro atoms. The Morgan fingerprint density at radius 2 is 2.07 bits per heavy atom. The lowest BCUT2D eigenvalue weighted by Gasteiger charge is -2.08. The maximum Gasteiger partial charge on any atom is 0.270 e. The Bertz CT molecular complexity index is 953. The molecule has 0 saturated carbocycles. The maximum atomic E-state index is 14.5. The molecule has 4 nitrogen and oxygen atoms in total. The first kappa shape index (κ1) is 19.0. The fourth-order valence-corrected chi connectivity index (χ4v) is 3.39. The molecule has 0 saturated heterocycles. The van der Waals surface area contributed by atoms with Crippen LogP contribution in [-0.2, 0) is 6.61 Å². The van der Waals surface area contributed by atoms with Crippen LogP contribution in [0.25, 0.3) is 10.6 Å². The van der Waals surface area contributed by atoms with Crippen LogP contribution in [0.1, 0.15) is 35.5 Å². The van der Waals surface area contributed by atoms with Crippen LogP contribution >= 0.6 is 11.3 Å². The number of hydrogen-bond acceptors (Lipinski definition) is 4. The SMILES string of the molecule is Cc1cccc(COc2ccc(-c3nc(C(=O)NC(C)C)cs3)c(F)c2)c1. The summed E-state index contributed by atoms with van der Waals surface area (Å²) in [6, 6.07) is 12.7. The first-order valence-corrected chi connectivity index (χ1v) is 9.55. The largest absolute Gasteiger partial charge is 0.489 e. The first-order valence-electron chi connectivity index (χ1n) is 8.67. The minimum atomic E-state index is -0.429. The maximum absolute atomic E-state index is 14.5. The van der Waals surface area contributed by atoms with Gasteiger partial charge in [-0.15, -0.1) is 11.3 Å². The monoisotopic (exact) mass is 384 g/mol. The molecular formula is C21H21FN2O2S. The highest BCUT2D eigenvalue weighted by atomic mass is 32.1. The number of aromatic nitrogens is 1. The van der Waals surface area contributed by atoms with Gasteiger partial charge in [-0.2, -0.15) is 0 Å². The second kappa shape index (κ2) is 8.31. The lowest BCUT2D eigenvalue weighted by Crippen LogP contribution is -2.30. The van der Waals surface area contributed by atoms with E-state index < -0.39 is 5.82 Å². The van der Waals surface area contributed by atoms with Crippen molar-refractivity contribution in [2.45, 2.75) is 33.4 Å². The lowest BCUT2D eigenvalue weighted by atomic mass is 10.1. The van der Waals surface area contributed by atoms with E-state index in [1.165, 1.54) is 17.4 Å². The van der Waals surface area contributed by atoms with Crippen molar-refractivity contribution in [2.75, 3.05) is 0 Å². The van der Waals surface area contributed by atoms with Crippen molar-refractivity contribution in [1.29, 1.82) is 0 Å². The molecule has 140 valence electrons. The van der Waals surface area contributed by atoms with Crippen LogP contribution in [0, 0.1) is 12.7 Å². The van der Waals surface area contributed by atoms with Crippen LogP contribution < -0.4 is 10.1 Å². The third-order valence-corrected chi connectivity index (χ3v) is 4.69. The van der Waals surface area contributed by atoms with Gasteiger partial charge in [-0.1, -0.05) is 29.8 Å². The van der Waals surface area contributed by atoms with Crippen molar-refractivity contribution >= 4 is 17.2 Å². The predicted molar refractivity (Wildman–Crippen MR) is 106 cm³/mol. The quantitative estimate of drug-likeness (QED) is 0.652. The van der Waals surface area contributed by atoms with Crippen molar-refractivity contribution in [3.05, 3.63) is 70.5 Å². The van der Waals surface area contributed by atoms with E-state index in [0.29, 0.717) is 28.6 Å². The van der Waals surface area contributed by atoms with Gasteiger partial charge in [0.2, 0.25) is 0 Å². The number of ether oxygens (including phenoxy) is 1. The summed E-state index contributed by atoms with van der Waals surface area (Å²) in [5.41, 5.74) is 2.83. The molecule has 1 aromatic heterocycles. The number of benzene rings is 2. The molecule has 0 unspecified atom stereocenters.